The van der Waals surface area contributed by atoms with Gasteiger partial charge in [0.2, 0.25) is 0 Å². The van der Waals surface area contributed by atoms with Crippen molar-refractivity contribution >= 4 is 35.0 Å². The van der Waals surface area contributed by atoms with Gasteiger partial charge >= 0.3 is 6.09 Å². The van der Waals surface area contributed by atoms with Crippen molar-refractivity contribution in [2.75, 3.05) is 26.7 Å². The van der Waals surface area contributed by atoms with Crippen molar-refractivity contribution in [2.24, 2.45) is 4.99 Å². The maximum absolute atomic E-state index is 13.6. The van der Waals surface area contributed by atoms with E-state index >= 15 is 0 Å². The highest BCUT2D eigenvalue weighted by atomic mass is 32.2. The quantitative estimate of drug-likeness (QED) is 0.798. The fourth-order valence-corrected chi connectivity index (χ4v) is 3.43. The zero-order chi connectivity index (χ0) is 19.4. The van der Waals surface area contributed by atoms with Gasteiger partial charge in [-0.1, -0.05) is 0 Å². The molecular weight excluding hydrogens is 371 g/mol. The molecule has 0 aliphatic carbocycles. The zero-order valence-electron chi connectivity index (χ0n) is 15.2. The van der Waals surface area contributed by atoms with Crippen LogP contribution in [0.1, 0.15) is 25.3 Å². The molecule has 2 aliphatic heterocycles. The summed E-state index contributed by atoms with van der Waals surface area (Å²) >= 11 is 1.24. The molecule has 1 saturated heterocycles. The van der Waals surface area contributed by atoms with Gasteiger partial charge in [0.15, 0.2) is 5.17 Å². The van der Waals surface area contributed by atoms with Crippen LogP contribution >= 0.6 is 11.8 Å². The Bertz CT molecular complexity index is 806. The number of ether oxygens (including phenoxy) is 1. The number of benzene rings is 1. The molecule has 7 nitrogen and oxygen atoms in total. The number of amides is 2. The molecule has 1 N–H and O–H groups in total. The van der Waals surface area contributed by atoms with Gasteiger partial charge in [0, 0.05) is 38.3 Å². The second-order valence-electron chi connectivity index (χ2n) is 6.14. The first-order chi connectivity index (χ1) is 13.0. The predicted octanol–water partition coefficient (Wildman–Crippen LogP) is 2.85. The van der Waals surface area contributed by atoms with Crippen LogP contribution in [0.4, 0.5) is 9.18 Å². The van der Waals surface area contributed by atoms with Gasteiger partial charge in [-0.15, -0.1) is 0 Å². The summed E-state index contributed by atoms with van der Waals surface area (Å²) in [5.41, 5.74) is 3.65. The summed E-state index contributed by atoms with van der Waals surface area (Å²) in [5.74, 6) is -0.834. The number of nitrogens with one attached hydrogen (secondary N) is 1. The third-order valence-electron chi connectivity index (χ3n) is 4.20. The summed E-state index contributed by atoms with van der Waals surface area (Å²) in [6, 6.07) is 3.86. The Labute approximate surface area is 161 Å². The number of nitrogens with zero attached hydrogens (tertiary/aromatic N) is 3. The van der Waals surface area contributed by atoms with Crippen molar-refractivity contribution in [3.05, 3.63) is 34.5 Å². The molecule has 1 aromatic carbocycles. The molecule has 0 radical (unpaired) electrons. The van der Waals surface area contributed by atoms with Gasteiger partial charge in [0.05, 0.1) is 4.91 Å². The Morgan fingerprint density at radius 2 is 2.30 bits per heavy atom. The van der Waals surface area contributed by atoms with E-state index in [1.165, 1.54) is 28.8 Å². The smallest absolute Gasteiger partial charge is 0.409 e. The van der Waals surface area contributed by atoms with E-state index in [-0.39, 0.29) is 11.7 Å². The maximum Gasteiger partial charge on any atom is 0.414 e. The number of carbonyl (C=O) groups excluding carboxylic acids is 2. The van der Waals surface area contributed by atoms with Crippen molar-refractivity contribution in [3.63, 3.8) is 0 Å². The second kappa shape index (κ2) is 8.53. The Balaban J connectivity index is 1.80. The molecule has 0 aromatic heterocycles. The number of amidine groups is 1. The van der Waals surface area contributed by atoms with Crippen LogP contribution in [0.15, 0.2) is 28.1 Å². The first-order valence-electron chi connectivity index (χ1n) is 8.74. The largest absolute Gasteiger partial charge is 0.414 e. The van der Waals surface area contributed by atoms with E-state index < -0.39 is 11.9 Å². The van der Waals surface area contributed by atoms with Crippen LogP contribution in [0.5, 0.6) is 5.75 Å². The maximum atomic E-state index is 13.6. The Kier molecular flexibility index (Phi) is 6.12. The molecule has 144 valence electrons. The van der Waals surface area contributed by atoms with Gasteiger partial charge in [-0.25, -0.2) is 14.6 Å². The summed E-state index contributed by atoms with van der Waals surface area (Å²) in [7, 11) is 1.59. The van der Waals surface area contributed by atoms with Gasteiger partial charge in [0.25, 0.3) is 5.91 Å². The monoisotopic (exact) mass is 392 g/mol. The molecule has 0 atom stereocenters. The Morgan fingerprint density at radius 1 is 1.48 bits per heavy atom. The predicted molar refractivity (Wildman–Crippen MR) is 103 cm³/mol. The van der Waals surface area contributed by atoms with Crippen molar-refractivity contribution in [1.29, 1.82) is 0 Å². The summed E-state index contributed by atoms with van der Waals surface area (Å²) in [5, 5.41) is 2.46. The fourth-order valence-electron chi connectivity index (χ4n) is 2.52. The minimum absolute atomic E-state index is 0.0609. The van der Waals surface area contributed by atoms with Crippen molar-refractivity contribution in [2.45, 2.75) is 19.8 Å². The number of hydrazine groups is 1. The van der Waals surface area contributed by atoms with E-state index in [0.29, 0.717) is 22.2 Å². The van der Waals surface area contributed by atoms with Gasteiger partial charge < -0.3 is 9.64 Å². The average molecular weight is 392 g/mol. The van der Waals surface area contributed by atoms with Crippen molar-refractivity contribution in [1.82, 2.24) is 15.3 Å². The van der Waals surface area contributed by atoms with Crippen LogP contribution in [0.25, 0.3) is 6.08 Å². The number of rotatable bonds is 3. The van der Waals surface area contributed by atoms with Gasteiger partial charge in [-0.3, -0.25) is 9.80 Å². The number of hydrogen-bond acceptors (Lipinski definition) is 6. The lowest BCUT2D eigenvalue weighted by Crippen LogP contribution is -2.45. The summed E-state index contributed by atoms with van der Waals surface area (Å²) in [4.78, 5) is 30.1. The van der Waals surface area contributed by atoms with Crippen molar-refractivity contribution < 1.29 is 18.7 Å². The highest BCUT2D eigenvalue weighted by Gasteiger charge is 2.27. The van der Waals surface area contributed by atoms with Crippen LogP contribution < -0.4 is 10.2 Å². The van der Waals surface area contributed by atoms with Crippen LogP contribution in [0.2, 0.25) is 0 Å². The SMILES string of the molecule is CCN(C)C(=O)Oc1cc(F)ccc1C=C1SC(N2CCCCN2)=NC1=O. The molecule has 0 bridgehead atoms. The fraction of sp³-hybridized carbons (Fsp3) is 0.389. The number of thioether (sulfide) groups is 1. The summed E-state index contributed by atoms with van der Waals surface area (Å²) in [6.45, 7) is 3.89. The van der Waals surface area contributed by atoms with E-state index in [4.69, 9.17) is 4.74 Å². The van der Waals surface area contributed by atoms with Crippen LogP contribution in [0.3, 0.4) is 0 Å². The standard InChI is InChI=1S/C18H21FN4O3S/c1-3-22(2)18(25)26-14-11-13(19)7-6-12(14)10-15-16(24)21-17(27-15)23-9-5-4-8-20-23/h6-7,10-11,20H,3-5,8-9H2,1-2H3. The Hall–Kier alpha value is -2.39. The van der Waals surface area contributed by atoms with Crippen LogP contribution in [-0.2, 0) is 4.79 Å². The number of aliphatic imine (C=N–C) groups is 1. The normalized spacial score (nSPS) is 18.6. The Morgan fingerprint density at radius 3 is 3.00 bits per heavy atom. The highest BCUT2D eigenvalue weighted by molar-refractivity contribution is 8.18. The molecule has 27 heavy (non-hydrogen) atoms. The van der Waals surface area contributed by atoms with Gasteiger partial charge in [-0.05, 0) is 49.7 Å². The molecule has 9 heteroatoms. The van der Waals surface area contributed by atoms with E-state index in [2.05, 4.69) is 10.4 Å². The second-order valence-corrected chi connectivity index (χ2v) is 7.15. The molecule has 1 fully saturated rings. The minimum atomic E-state index is -0.595. The molecule has 2 aliphatic rings. The molecular formula is C18H21FN4O3S. The molecule has 0 saturated carbocycles. The lowest BCUT2D eigenvalue weighted by atomic mass is 10.2. The minimum Gasteiger partial charge on any atom is -0.409 e. The van der Waals surface area contributed by atoms with Gasteiger partial charge in [-0.2, -0.15) is 4.99 Å². The molecule has 0 unspecified atom stereocenters. The van der Waals surface area contributed by atoms with E-state index in [1.54, 1.807) is 20.0 Å². The van der Waals surface area contributed by atoms with E-state index in [9.17, 15) is 14.0 Å². The topological polar surface area (TPSA) is 74.2 Å². The van der Waals surface area contributed by atoms with Crippen molar-refractivity contribution in [3.8, 4) is 5.75 Å². The van der Waals surface area contributed by atoms with E-state index in [0.717, 1.165) is 32.0 Å². The number of halogens is 1. The molecule has 3 rings (SSSR count). The lowest BCUT2D eigenvalue weighted by molar-refractivity contribution is -0.113. The molecule has 2 amide bonds. The lowest BCUT2D eigenvalue weighted by Gasteiger charge is -2.28. The molecule has 0 spiro atoms. The third-order valence-corrected chi connectivity index (χ3v) is 5.20. The number of hydrogen-bond donors (Lipinski definition) is 1. The van der Waals surface area contributed by atoms with Crippen LogP contribution in [0, 0.1) is 5.82 Å². The highest BCUT2D eigenvalue weighted by Crippen LogP contribution is 2.32. The van der Waals surface area contributed by atoms with E-state index in [1.807, 2.05) is 5.01 Å². The molecule has 2 heterocycles. The average Bonchev–Trinajstić information content (AvgIpc) is 3.04. The van der Waals surface area contributed by atoms with Gasteiger partial charge in [0.1, 0.15) is 11.6 Å². The third kappa shape index (κ3) is 4.67. The number of carbonyl (C=O) groups is 2. The zero-order valence-corrected chi connectivity index (χ0v) is 16.0. The first kappa shape index (κ1) is 19.4. The summed E-state index contributed by atoms with van der Waals surface area (Å²) in [6.07, 6.45) is 3.09. The molecule has 1 aromatic rings. The first-order valence-corrected chi connectivity index (χ1v) is 9.55. The van der Waals surface area contributed by atoms with Crippen LogP contribution in [-0.4, -0.2) is 53.8 Å². The summed E-state index contributed by atoms with van der Waals surface area (Å²) < 4.78 is 18.9.